The molecule has 2 nitrogen and oxygen atoms in total. The van der Waals surface area contributed by atoms with E-state index >= 15 is 0 Å². The van der Waals surface area contributed by atoms with Crippen molar-refractivity contribution in [1.29, 1.82) is 0 Å². The molecule has 0 saturated heterocycles. The zero-order valence-electron chi connectivity index (χ0n) is 7.52. The molecule has 0 unspecified atom stereocenters. The van der Waals surface area contributed by atoms with E-state index in [1.807, 2.05) is 30.3 Å². The zero-order valence-corrected chi connectivity index (χ0v) is 7.52. The summed E-state index contributed by atoms with van der Waals surface area (Å²) in [6, 6.07) is 9.68. The highest BCUT2D eigenvalue weighted by molar-refractivity contribution is 5.21. The van der Waals surface area contributed by atoms with Crippen molar-refractivity contribution >= 4 is 0 Å². The molecule has 0 amide bonds. The van der Waals surface area contributed by atoms with E-state index in [0.717, 1.165) is 25.0 Å². The molecule has 1 saturated carbocycles. The lowest BCUT2D eigenvalue weighted by Crippen LogP contribution is -2.25. The molecule has 1 aliphatic carbocycles. The molecule has 1 aliphatic rings. The number of rotatable bonds is 2. The second-order valence-corrected chi connectivity index (χ2v) is 3.47. The first-order chi connectivity index (χ1) is 6.36. The monoisotopic (exact) mass is 178 g/mol. The molecule has 2 rings (SSSR count). The van der Waals surface area contributed by atoms with Crippen LogP contribution in [0.2, 0.25) is 0 Å². The molecular formula is C11H14O2. The molecule has 2 heteroatoms. The van der Waals surface area contributed by atoms with Gasteiger partial charge in [-0.15, -0.1) is 0 Å². The van der Waals surface area contributed by atoms with Crippen LogP contribution in [0.25, 0.3) is 0 Å². The summed E-state index contributed by atoms with van der Waals surface area (Å²) in [5.74, 6) is 0.855. The lowest BCUT2D eigenvalue weighted by Gasteiger charge is -2.16. The lowest BCUT2D eigenvalue weighted by molar-refractivity contribution is 0.0604. The average molecular weight is 178 g/mol. The fourth-order valence-corrected chi connectivity index (χ4v) is 1.72. The molecule has 13 heavy (non-hydrogen) atoms. The minimum atomic E-state index is -0.278. The van der Waals surface area contributed by atoms with Crippen molar-refractivity contribution in [2.75, 3.05) is 0 Å². The maximum Gasteiger partial charge on any atom is 0.124 e. The second-order valence-electron chi connectivity index (χ2n) is 3.47. The molecule has 0 spiro atoms. The van der Waals surface area contributed by atoms with E-state index in [1.165, 1.54) is 0 Å². The summed E-state index contributed by atoms with van der Waals surface area (Å²) in [6.45, 7) is 0. The van der Waals surface area contributed by atoms with Crippen LogP contribution in [0.4, 0.5) is 0 Å². The van der Waals surface area contributed by atoms with Gasteiger partial charge in [0.15, 0.2) is 0 Å². The Balaban J connectivity index is 1.98. The van der Waals surface area contributed by atoms with Gasteiger partial charge in [-0.3, -0.25) is 0 Å². The van der Waals surface area contributed by atoms with Crippen molar-refractivity contribution in [3.63, 3.8) is 0 Å². The van der Waals surface area contributed by atoms with E-state index in [9.17, 15) is 5.11 Å². The molecular weight excluding hydrogens is 164 g/mol. The first kappa shape index (κ1) is 8.57. The smallest absolute Gasteiger partial charge is 0.124 e. The van der Waals surface area contributed by atoms with Crippen LogP contribution in [0.3, 0.4) is 0 Å². The fraction of sp³-hybridized carbons (Fsp3) is 0.455. The summed E-state index contributed by atoms with van der Waals surface area (Å²) in [6.07, 6.45) is 2.63. The summed E-state index contributed by atoms with van der Waals surface area (Å²) in [4.78, 5) is 0. The van der Waals surface area contributed by atoms with Crippen LogP contribution in [0.1, 0.15) is 19.3 Å². The Morgan fingerprint density at radius 2 is 1.92 bits per heavy atom. The normalized spacial score (nSPS) is 27.5. The number of para-hydroxylation sites is 1. The maximum absolute atomic E-state index is 9.53. The molecule has 0 bridgehead atoms. The van der Waals surface area contributed by atoms with E-state index in [1.54, 1.807) is 0 Å². The number of aliphatic hydroxyl groups is 1. The minimum Gasteiger partial charge on any atom is -0.488 e. The predicted octanol–water partition coefficient (Wildman–Crippen LogP) is 1.98. The second kappa shape index (κ2) is 3.79. The molecule has 0 aliphatic heterocycles. The van der Waals surface area contributed by atoms with Crippen LogP contribution in [-0.2, 0) is 0 Å². The molecule has 0 radical (unpaired) electrons. The first-order valence-corrected chi connectivity index (χ1v) is 4.76. The SMILES string of the molecule is O[C@H]1CCC[C@H]1Oc1ccccc1. The van der Waals surface area contributed by atoms with Gasteiger partial charge in [0, 0.05) is 0 Å². The van der Waals surface area contributed by atoms with Gasteiger partial charge in [-0.1, -0.05) is 18.2 Å². The number of aliphatic hydroxyl groups excluding tert-OH is 1. The van der Waals surface area contributed by atoms with Crippen LogP contribution in [0.15, 0.2) is 30.3 Å². The van der Waals surface area contributed by atoms with Gasteiger partial charge in [0.2, 0.25) is 0 Å². The van der Waals surface area contributed by atoms with Crippen molar-refractivity contribution in [2.24, 2.45) is 0 Å². The van der Waals surface area contributed by atoms with Gasteiger partial charge in [-0.25, -0.2) is 0 Å². The summed E-state index contributed by atoms with van der Waals surface area (Å²) in [7, 11) is 0. The quantitative estimate of drug-likeness (QED) is 0.750. The number of benzene rings is 1. The van der Waals surface area contributed by atoms with E-state index < -0.39 is 0 Å². The van der Waals surface area contributed by atoms with Crippen molar-refractivity contribution in [3.8, 4) is 5.75 Å². The van der Waals surface area contributed by atoms with E-state index in [2.05, 4.69) is 0 Å². The molecule has 1 N–H and O–H groups in total. The van der Waals surface area contributed by atoms with Gasteiger partial charge in [0.25, 0.3) is 0 Å². The van der Waals surface area contributed by atoms with Crippen LogP contribution in [-0.4, -0.2) is 17.3 Å². The summed E-state index contributed by atoms with van der Waals surface area (Å²) in [5.41, 5.74) is 0. The highest BCUT2D eigenvalue weighted by atomic mass is 16.5. The minimum absolute atomic E-state index is 0.00222. The Kier molecular flexibility index (Phi) is 2.50. The van der Waals surface area contributed by atoms with Crippen LogP contribution in [0, 0.1) is 0 Å². The van der Waals surface area contributed by atoms with Gasteiger partial charge < -0.3 is 9.84 Å². The van der Waals surface area contributed by atoms with E-state index in [-0.39, 0.29) is 12.2 Å². The van der Waals surface area contributed by atoms with Crippen molar-refractivity contribution < 1.29 is 9.84 Å². The van der Waals surface area contributed by atoms with Crippen molar-refractivity contribution in [3.05, 3.63) is 30.3 Å². The third-order valence-corrected chi connectivity index (χ3v) is 2.45. The Labute approximate surface area is 78.2 Å². The standard InChI is InChI=1S/C11H14O2/c12-10-7-4-8-11(10)13-9-5-2-1-3-6-9/h1-3,5-6,10-12H,4,7-8H2/t10-,11+/m0/s1. The molecule has 1 aromatic carbocycles. The molecule has 1 fully saturated rings. The molecule has 0 heterocycles. The Bertz CT molecular complexity index is 258. The zero-order chi connectivity index (χ0) is 9.10. The predicted molar refractivity (Wildman–Crippen MR) is 50.7 cm³/mol. The summed E-state index contributed by atoms with van der Waals surface area (Å²) >= 11 is 0. The largest absolute Gasteiger partial charge is 0.488 e. The highest BCUT2D eigenvalue weighted by Crippen LogP contribution is 2.24. The third-order valence-electron chi connectivity index (χ3n) is 2.45. The van der Waals surface area contributed by atoms with Crippen molar-refractivity contribution in [1.82, 2.24) is 0 Å². The third kappa shape index (κ3) is 2.01. The molecule has 2 atom stereocenters. The molecule has 70 valence electrons. The molecule has 0 aromatic heterocycles. The summed E-state index contributed by atoms with van der Waals surface area (Å²) < 4.78 is 5.64. The van der Waals surface area contributed by atoms with Gasteiger partial charge in [-0.05, 0) is 31.4 Å². The van der Waals surface area contributed by atoms with Crippen LogP contribution in [0.5, 0.6) is 5.75 Å². The lowest BCUT2D eigenvalue weighted by atomic mass is 10.2. The van der Waals surface area contributed by atoms with Gasteiger partial charge in [0.05, 0.1) is 6.10 Å². The Hall–Kier alpha value is -1.02. The summed E-state index contributed by atoms with van der Waals surface area (Å²) in [5, 5.41) is 9.53. The maximum atomic E-state index is 9.53. The van der Waals surface area contributed by atoms with Gasteiger partial charge >= 0.3 is 0 Å². The van der Waals surface area contributed by atoms with E-state index in [0.29, 0.717) is 0 Å². The molecule has 1 aromatic rings. The van der Waals surface area contributed by atoms with Gasteiger partial charge in [-0.2, -0.15) is 0 Å². The van der Waals surface area contributed by atoms with Gasteiger partial charge in [0.1, 0.15) is 11.9 Å². The average Bonchev–Trinajstić information content (AvgIpc) is 2.54. The van der Waals surface area contributed by atoms with Crippen LogP contribution < -0.4 is 4.74 Å². The highest BCUT2D eigenvalue weighted by Gasteiger charge is 2.26. The number of hydrogen-bond donors (Lipinski definition) is 1. The number of ether oxygens (including phenoxy) is 1. The number of hydrogen-bond acceptors (Lipinski definition) is 2. The topological polar surface area (TPSA) is 29.5 Å². The van der Waals surface area contributed by atoms with E-state index in [4.69, 9.17) is 4.74 Å². The van der Waals surface area contributed by atoms with Crippen molar-refractivity contribution in [2.45, 2.75) is 31.5 Å². The Morgan fingerprint density at radius 3 is 2.54 bits per heavy atom. The van der Waals surface area contributed by atoms with Crippen LogP contribution >= 0.6 is 0 Å². The Morgan fingerprint density at radius 1 is 1.15 bits per heavy atom. The first-order valence-electron chi connectivity index (χ1n) is 4.76. The fourth-order valence-electron chi connectivity index (χ4n) is 1.72.